The monoisotopic (exact) mass is 181 g/mol. The van der Waals surface area contributed by atoms with Gasteiger partial charge in [0.25, 0.3) is 0 Å². The minimum absolute atomic E-state index is 0.253. The maximum absolute atomic E-state index is 5.67. The molecular weight excluding hydrogens is 162 g/mol. The molecule has 1 atom stereocenters. The fourth-order valence-corrected chi connectivity index (χ4v) is 1.68. The average Bonchev–Trinajstić information content (AvgIpc) is 2.04. The van der Waals surface area contributed by atoms with E-state index in [4.69, 9.17) is 4.74 Å². The van der Waals surface area contributed by atoms with Gasteiger partial charge in [0.05, 0.1) is 6.61 Å². The van der Waals surface area contributed by atoms with Crippen molar-refractivity contribution in [3.05, 3.63) is 0 Å². The van der Waals surface area contributed by atoms with Crippen molar-refractivity contribution in [2.75, 3.05) is 19.7 Å². The van der Waals surface area contributed by atoms with Crippen LogP contribution in [0, 0.1) is 11.8 Å². The first-order valence-electron chi connectivity index (χ1n) is 4.89. The van der Waals surface area contributed by atoms with E-state index in [1.165, 1.54) is 0 Å². The standard InChI is InChI=1S/C11H19NO/c1-5-6-11(4)9-12(10(2)3)7-8-13-11/h10H,7-9H2,1-4H3/t11-/m1/s1. The van der Waals surface area contributed by atoms with E-state index in [-0.39, 0.29) is 5.60 Å². The summed E-state index contributed by atoms with van der Waals surface area (Å²) >= 11 is 0. The van der Waals surface area contributed by atoms with Crippen LogP contribution in [-0.4, -0.2) is 36.2 Å². The number of hydrogen-bond acceptors (Lipinski definition) is 2. The van der Waals surface area contributed by atoms with Crippen LogP contribution < -0.4 is 0 Å². The van der Waals surface area contributed by atoms with Crippen molar-refractivity contribution < 1.29 is 4.74 Å². The van der Waals surface area contributed by atoms with Crippen molar-refractivity contribution in [3.63, 3.8) is 0 Å². The lowest BCUT2D eigenvalue weighted by atomic mass is 10.0. The summed E-state index contributed by atoms with van der Waals surface area (Å²) in [5.74, 6) is 6.07. The van der Waals surface area contributed by atoms with Gasteiger partial charge in [-0.25, -0.2) is 0 Å². The first kappa shape index (κ1) is 10.6. The normalized spacial score (nSPS) is 29.9. The van der Waals surface area contributed by atoms with Crippen LogP contribution in [0.25, 0.3) is 0 Å². The summed E-state index contributed by atoms with van der Waals surface area (Å²) in [6, 6.07) is 0.585. The van der Waals surface area contributed by atoms with E-state index in [9.17, 15) is 0 Å². The fourth-order valence-electron chi connectivity index (χ4n) is 1.68. The Bertz CT molecular complexity index is 226. The number of nitrogens with zero attached hydrogens (tertiary/aromatic N) is 1. The van der Waals surface area contributed by atoms with E-state index in [0.717, 1.165) is 19.7 Å². The quantitative estimate of drug-likeness (QED) is 0.569. The molecule has 0 bridgehead atoms. The van der Waals surface area contributed by atoms with Gasteiger partial charge < -0.3 is 4.74 Å². The predicted molar refractivity (Wildman–Crippen MR) is 54.5 cm³/mol. The Hall–Kier alpha value is -0.520. The number of rotatable bonds is 1. The summed E-state index contributed by atoms with van der Waals surface area (Å²) in [7, 11) is 0. The second kappa shape index (κ2) is 4.13. The highest BCUT2D eigenvalue weighted by Crippen LogP contribution is 2.18. The van der Waals surface area contributed by atoms with Crippen LogP contribution in [0.15, 0.2) is 0 Å². The minimum atomic E-state index is -0.253. The zero-order valence-corrected chi connectivity index (χ0v) is 9.05. The third-order valence-corrected chi connectivity index (χ3v) is 2.42. The zero-order chi connectivity index (χ0) is 9.90. The van der Waals surface area contributed by atoms with Crippen LogP contribution in [0.5, 0.6) is 0 Å². The smallest absolute Gasteiger partial charge is 0.138 e. The Morgan fingerprint density at radius 1 is 1.46 bits per heavy atom. The molecule has 1 rings (SSSR count). The van der Waals surface area contributed by atoms with Crippen molar-refractivity contribution in [2.45, 2.75) is 39.3 Å². The lowest BCUT2D eigenvalue weighted by Gasteiger charge is -2.39. The molecule has 0 unspecified atom stereocenters. The zero-order valence-electron chi connectivity index (χ0n) is 9.05. The van der Waals surface area contributed by atoms with Crippen molar-refractivity contribution in [2.24, 2.45) is 0 Å². The molecular formula is C11H19NO. The van der Waals surface area contributed by atoms with Gasteiger partial charge in [-0.2, -0.15) is 0 Å². The molecule has 0 spiro atoms. The lowest BCUT2D eigenvalue weighted by Crippen LogP contribution is -2.51. The number of hydrogen-bond donors (Lipinski definition) is 0. The van der Waals surface area contributed by atoms with Crippen LogP contribution in [-0.2, 0) is 4.74 Å². The van der Waals surface area contributed by atoms with E-state index in [1.54, 1.807) is 0 Å². The topological polar surface area (TPSA) is 12.5 Å². The van der Waals surface area contributed by atoms with Gasteiger partial charge in [-0.15, -0.1) is 5.92 Å². The summed E-state index contributed by atoms with van der Waals surface area (Å²) in [4.78, 5) is 2.41. The van der Waals surface area contributed by atoms with Crippen LogP contribution >= 0.6 is 0 Å². The van der Waals surface area contributed by atoms with E-state index in [2.05, 4.69) is 37.5 Å². The van der Waals surface area contributed by atoms with E-state index in [1.807, 2.05) is 6.92 Å². The van der Waals surface area contributed by atoms with Crippen molar-refractivity contribution in [3.8, 4) is 11.8 Å². The minimum Gasteiger partial charge on any atom is -0.360 e. The van der Waals surface area contributed by atoms with Crippen LogP contribution in [0.1, 0.15) is 27.7 Å². The van der Waals surface area contributed by atoms with Crippen molar-refractivity contribution in [1.82, 2.24) is 4.90 Å². The highest BCUT2D eigenvalue weighted by molar-refractivity contribution is 5.13. The molecule has 0 N–H and O–H groups in total. The predicted octanol–water partition coefficient (Wildman–Crippen LogP) is 1.51. The second-order valence-corrected chi connectivity index (χ2v) is 4.02. The van der Waals surface area contributed by atoms with Gasteiger partial charge in [0, 0.05) is 19.1 Å². The molecule has 2 heteroatoms. The molecule has 0 radical (unpaired) electrons. The molecule has 1 aliphatic heterocycles. The maximum atomic E-state index is 5.67. The van der Waals surface area contributed by atoms with Gasteiger partial charge in [-0.05, 0) is 27.7 Å². The third-order valence-electron chi connectivity index (χ3n) is 2.42. The highest BCUT2D eigenvalue weighted by atomic mass is 16.5. The Morgan fingerprint density at radius 2 is 2.15 bits per heavy atom. The Balaban J connectivity index is 2.63. The molecule has 0 aliphatic carbocycles. The van der Waals surface area contributed by atoms with E-state index in [0.29, 0.717) is 6.04 Å². The molecule has 1 aliphatic rings. The average molecular weight is 181 g/mol. The molecule has 1 saturated heterocycles. The summed E-state index contributed by atoms with van der Waals surface area (Å²) in [6.07, 6.45) is 0. The number of ether oxygens (including phenoxy) is 1. The molecule has 0 saturated carbocycles. The Kier molecular flexibility index (Phi) is 3.35. The van der Waals surface area contributed by atoms with Gasteiger partial charge in [-0.3, -0.25) is 4.90 Å². The molecule has 0 aromatic carbocycles. The van der Waals surface area contributed by atoms with E-state index < -0.39 is 0 Å². The molecule has 0 aromatic rings. The molecule has 2 nitrogen and oxygen atoms in total. The second-order valence-electron chi connectivity index (χ2n) is 4.02. The van der Waals surface area contributed by atoms with Crippen LogP contribution in [0.4, 0.5) is 0 Å². The molecule has 0 aromatic heterocycles. The largest absolute Gasteiger partial charge is 0.360 e. The molecule has 0 amide bonds. The molecule has 13 heavy (non-hydrogen) atoms. The summed E-state index contributed by atoms with van der Waals surface area (Å²) in [6.45, 7) is 11.1. The van der Waals surface area contributed by atoms with Crippen molar-refractivity contribution in [1.29, 1.82) is 0 Å². The van der Waals surface area contributed by atoms with Gasteiger partial charge in [0.1, 0.15) is 5.60 Å². The summed E-state index contributed by atoms with van der Waals surface area (Å²) in [5, 5.41) is 0. The fraction of sp³-hybridized carbons (Fsp3) is 0.818. The molecule has 1 heterocycles. The Labute approximate surface area is 81.3 Å². The first-order chi connectivity index (χ1) is 6.07. The molecule has 1 fully saturated rings. The summed E-state index contributed by atoms with van der Waals surface area (Å²) in [5.41, 5.74) is -0.253. The maximum Gasteiger partial charge on any atom is 0.138 e. The van der Waals surface area contributed by atoms with Gasteiger partial charge in [0.2, 0.25) is 0 Å². The highest BCUT2D eigenvalue weighted by Gasteiger charge is 2.30. The summed E-state index contributed by atoms with van der Waals surface area (Å²) < 4.78 is 5.67. The van der Waals surface area contributed by atoms with Gasteiger partial charge >= 0.3 is 0 Å². The van der Waals surface area contributed by atoms with Crippen molar-refractivity contribution >= 4 is 0 Å². The first-order valence-corrected chi connectivity index (χ1v) is 4.89. The van der Waals surface area contributed by atoms with Crippen LogP contribution in [0.3, 0.4) is 0 Å². The van der Waals surface area contributed by atoms with Crippen LogP contribution in [0.2, 0.25) is 0 Å². The SMILES string of the molecule is CC#C[C@]1(C)CN(C(C)C)CCO1. The lowest BCUT2D eigenvalue weighted by molar-refractivity contribution is -0.0702. The van der Waals surface area contributed by atoms with Gasteiger partial charge in [-0.1, -0.05) is 5.92 Å². The Morgan fingerprint density at radius 3 is 2.69 bits per heavy atom. The van der Waals surface area contributed by atoms with E-state index >= 15 is 0 Å². The van der Waals surface area contributed by atoms with Gasteiger partial charge in [0.15, 0.2) is 0 Å². The third kappa shape index (κ3) is 2.72. The molecule has 74 valence electrons. The number of morpholine rings is 1.